The molecule has 9 nitrogen and oxygen atoms in total. The second-order valence-corrected chi connectivity index (χ2v) is 9.48. The summed E-state index contributed by atoms with van der Waals surface area (Å²) in [5.41, 5.74) is 2.09. The molecule has 2 aromatic heterocycles. The van der Waals surface area contributed by atoms with Crippen LogP contribution in [0.3, 0.4) is 0 Å². The Hall–Kier alpha value is -3.53. The fourth-order valence-corrected chi connectivity index (χ4v) is 4.06. The highest BCUT2D eigenvalue weighted by Crippen LogP contribution is 2.19. The zero-order chi connectivity index (χ0) is 22.5. The molecule has 0 atom stereocenters. The highest BCUT2D eigenvalue weighted by atomic mass is 32.2. The van der Waals surface area contributed by atoms with Gasteiger partial charge in [-0.1, -0.05) is 17.7 Å². The van der Waals surface area contributed by atoms with E-state index in [1.807, 2.05) is 13.0 Å². The number of fused-ring (bicyclic) bond motifs is 3. The predicted molar refractivity (Wildman–Crippen MR) is 114 cm³/mol. The lowest BCUT2D eigenvalue weighted by molar-refractivity contribution is 0.0460. The number of nitrogens with zero attached hydrogens (tertiary/aromatic N) is 4. The van der Waals surface area contributed by atoms with E-state index in [4.69, 9.17) is 4.74 Å². The first kappa shape index (κ1) is 20.7. The molecule has 160 valence electrons. The van der Waals surface area contributed by atoms with Gasteiger partial charge in [0.25, 0.3) is 5.56 Å². The molecule has 10 heteroatoms. The minimum atomic E-state index is -3.47. The van der Waals surface area contributed by atoms with E-state index in [1.165, 1.54) is 16.7 Å². The zero-order valence-corrected chi connectivity index (χ0v) is 18.2. The summed E-state index contributed by atoms with van der Waals surface area (Å²) >= 11 is 0. The lowest BCUT2D eigenvalue weighted by Crippen LogP contribution is -2.20. The second kappa shape index (κ2) is 7.31. The molecule has 0 aliphatic carbocycles. The number of carbonyl (C=O) groups is 1. The average molecular weight is 440 g/mol. The fraction of sp³-hybridized carbons (Fsp3) is 0.238. The smallest absolute Gasteiger partial charge is 0.338 e. The first-order valence-electron chi connectivity index (χ1n) is 9.39. The van der Waals surface area contributed by atoms with Gasteiger partial charge in [-0.2, -0.15) is 0 Å². The molecular weight excluding hydrogens is 420 g/mol. The van der Waals surface area contributed by atoms with Crippen LogP contribution in [0.5, 0.6) is 0 Å². The Balaban J connectivity index is 1.73. The van der Waals surface area contributed by atoms with Crippen LogP contribution < -0.4 is 5.56 Å². The summed E-state index contributed by atoms with van der Waals surface area (Å²) in [5, 5.41) is 8.67. The maximum atomic E-state index is 12.7. The van der Waals surface area contributed by atoms with Crippen molar-refractivity contribution in [2.75, 3.05) is 6.26 Å². The van der Waals surface area contributed by atoms with Crippen molar-refractivity contribution < 1.29 is 17.9 Å². The van der Waals surface area contributed by atoms with Gasteiger partial charge in [0.15, 0.2) is 22.3 Å². The van der Waals surface area contributed by atoms with Crippen molar-refractivity contribution in [3.05, 3.63) is 69.3 Å². The number of sulfone groups is 1. The number of hydrogen-bond acceptors (Lipinski definition) is 7. The van der Waals surface area contributed by atoms with E-state index in [-0.39, 0.29) is 22.6 Å². The second-order valence-electron chi connectivity index (χ2n) is 7.46. The van der Waals surface area contributed by atoms with Crippen LogP contribution in [0.1, 0.15) is 27.3 Å². The lowest BCUT2D eigenvalue weighted by Gasteiger charge is -2.10. The Morgan fingerprint density at radius 3 is 2.55 bits per heavy atom. The maximum Gasteiger partial charge on any atom is 0.338 e. The van der Waals surface area contributed by atoms with Gasteiger partial charge >= 0.3 is 5.97 Å². The third-order valence-electron chi connectivity index (χ3n) is 5.13. The number of rotatable bonds is 4. The minimum Gasteiger partial charge on any atom is -0.454 e. The Morgan fingerprint density at radius 1 is 1.10 bits per heavy atom. The van der Waals surface area contributed by atoms with Crippen molar-refractivity contribution in [1.82, 2.24) is 19.2 Å². The first-order valence-corrected chi connectivity index (χ1v) is 11.3. The molecular formula is C21H20N4O5S. The van der Waals surface area contributed by atoms with Gasteiger partial charge in [0.1, 0.15) is 0 Å². The molecule has 4 rings (SSSR count). The van der Waals surface area contributed by atoms with Crippen LogP contribution in [0, 0.1) is 13.8 Å². The average Bonchev–Trinajstić information content (AvgIpc) is 3.14. The van der Waals surface area contributed by atoms with Crippen LogP contribution in [0.2, 0.25) is 0 Å². The van der Waals surface area contributed by atoms with E-state index in [9.17, 15) is 18.0 Å². The van der Waals surface area contributed by atoms with E-state index in [1.54, 1.807) is 36.6 Å². The summed E-state index contributed by atoms with van der Waals surface area (Å²) in [6, 6.07) is 9.77. The third kappa shape index (κ3) is 3.59. The molecule has 0 fully saturated rings. The van der Waals surface area contributed by atoms with Gasteiger partial charge in [-0.3, -0.25) is 13.8 Å². The highest BCUT2D eigenvalue weighted by molar-refractivity contribution is 7.90. The van der Waals surface area contributed by atoms with E-state index >= 15 is 0 Å². The van der Waals surface area contributed by atoms with Crippen LogP contribution in [-0.4, -0.2) is 39.8 Å². The Morgan fingerprint density at radius 2 is 1.84 bits per heavy atom. The fourth-order valence-electron chi connectivity index (χ4n) is 3.41. The van der Waals surface area contributed by atoms with Gasteiger partial charge in [0, 0.05) is 13.3 Å². The Labute approximate surface area is 177 Å². The molecule has 0 bridgehead atoms. The summed E-state index contributed by atoms with van der Waals surface area (Å²) in [7, 11) is -1.86. The summed E-state index contributed by atoms with van der Waals surface area (Å²) < 4.78 is 32.1. The summed E-state index contributed by atoms with van der Waals surface area (Å²) in [4.78, 5) is 25.4. The first-order chi connectivity index (χ1) is 14.6. The molecule has 0 radical (unpaired) electrons. The van der Waals surface area contributed by atoms with Crippen LogP contribution in [0.15, 0.2) is 46.1 Å². The molecule has 0 saturated heterocycles. The van der Waals surface area contributed by atoms with Gasteiger partial charge in [-0.05, 0) is 43.7 Å². The molecule has 0 spiro atoms. The molecule has 0 saturated carbocycles. The van der Waals surface area contributed by atoms with Gasteiger partial charge in [-0.25, -0.2) is 13.2 Å². The summed E-state index contributed by atoms with van der Waals surface area (Å²) in [6.45, 7) is 3.38. The van der Waals surface area contributed by atoms with Gasteiger partial charge < -0.3 is 4.74 Å². The van der Waals surface area contributed by atoms with E-state index < -0.39 is 15.8 Å². The van der Waals surface area contributed by atoms with Gasteiger partial charge in [-0.15, -0.1) is 10.2 Å². The standard InChI is InChI=1S/C21H20N4O5S/c1-12-5-8-17-16(9-12)19(26)24(3)21-23-22-18(25(17)21)11-30-20(27)15-10-14(31(4,28)29)7-6-13(15)2/h5-10H,11H2,1-4H3. The molecule has 0 amide bonds. The number of aromatic nitrogens is 4. The number of benzene rings is 2. The number of aryl methyl sites for hydroxylation is 3. The molecule has 31 heavy (non-hydrogen) atoms. The summed E-state index contributed by atoms with van der Waals surface area (Å²) in [5.74, 6) is -0.0166. The number of esters is 1. The van der Waals surface area contributed by atoms with Crippen molar-refractivity contribution in [3.8, 4) is 0 Å². The number of carbonyl (C=O) groups excluding carboxylic acids is 1. The highest BCUT2D eigenvalue weighted by Gasteiger charge is 2.19. The minimum absolute atomic E-state index is 0.0364. The van der Waals surface area contributed by atoms with E-state index in [0.717, 1.165) is 11.8 Å². The largest absolute Gasteiger partial charge is 0.454 e. The van der Waals surface area contributed by atoms with Crippen molar-refractivity contribution in [2.45, 2.75) is 25.3 Å². The SMILES string of the molecule is Cc1ccc2c(c1)c(=O)n(C)c1nnc(COC(=O)c3cc(S(C)(=O)=O)ccc3C)n21. The van der Waals surface area contributed by atoms with Crippen molar-refractivity contribution >= 4 is 32.5 Å². The van der Waals surface area contributed by atoms with Gasteiger partial charge in [0.05, 0.1) is 21.4 Å². The maximum absolute atomic E-state index is 12.7. The molecule has 2 heterocycles. The molecule has 0 N–H and O–H groups in total. The van der Waals surface area contributed by atoms with E-state index in [0.29, 0.717) is 28.1 Å². The molecule has 0 unspecified atom stereocenters. The molecule has 0 aliphatic heterocycles. The van der Waals surface area contributed by atoms with Crippen molar-refractivity contribution in [1.29, 1.82) is 0 Å². The number of ether oxygens (including phenoxy) is 1. The molecule has 0 aliphatic rings. The van der Waals surface area contributed by atoms with Crippen LogP contribution in [0.4, 0.5) is 0 Å². The number of hydrogen-bond donors (Lipinski definition) is 0. The third-order valence-corrected chi connectivity index (χ3v) is 6.24. The lowest BCUT2D eigenvalue weighted by atomic mass is 10.1. The van der Waals surface area contributed by atoms with Gasteiger partial charge in [0.2, 0.25) is 5.78 Å². The van der Waals surface area contributed by atoms with Crippen molar-refractivity contribution in [3.63, 3.8) is 0 Å². The Kier molecular flexibility index (Phi) is 4.89. The quantitative estimate of drug-likeness (QED) is 0.446. The van der Waals surface area contributed by atoms with E-state index in [2.05, 4.69) is 10.2 Å². The topological polar surface area (TPSA) is 113 Å². The molecule has 2 aromatic carbocycles. The normalized spacial score (nSPS) is 11.9. The van der Waals surface area contributed by atoms with Crippen molar-refractivity contribution in [2.24, 2.45) is 7.05 Å². The predicted octanol–water partition coefficient (Wildman–Crippen LogP) is 1.96. The monoisotopic (exact) mass is 440 g/mol. The Bertz CT molecular complexity index is 1530. The van der Waals surface area contributed by atoms with Crippen LogP contribution in [-0.2, 0) is 28.2 Å². The zero-order valence-electron chi connectivity index (χ0n) is 17.4. The summed E-state index contributed by atoms with van der Waals surface area (Å²) in [6.07, 6.45) is 1.08. The van der Waals surface area contributed by atoms with Crippen LogP contribution in [0.25, 0.3) is 16.7 Å². The van der Waals surface area contributed by atoms with Crippen LogP contribution >= 0.6 is 0 Å². The molecule has 4 aromatic rings.